The maximum Gasteiger partial charge on any atom is 0.307 e. The average Bonchev–Trinajstić information content (AvgIpc) is 2.41. The fraction of sp³-hybridized carbons (Fsp3) is 0.533. The second-order valence-corrected chi connectivity index (χ2v) is 7.88. The van der Waals surface area contributed by atoms with Crippen LogP contribution in [0.3, 0.4) is 0 Å². The molecule has 2 atom stereocenters. The predicted molar refractivity (Wildman–Crippen MR) is 79.6 cm³/mol. The molecule has 2 unspecified atom stereocenters. The zero-order chi connectivity index (χ0) is 15.8. The smallest absolute Gasteiger partial charge is 0.307 e. The molecule has 0 spiro atoms. The number of benzene rings is 1. The first kappa shape index (κ1) is 16.0. The maximum absolute atomic E-state index is 12.7. The highest BCUT2D eigenvalue weighted by Crippen LogP contribution is 2.27. The monoisotopic (exact) mass is 311 g/mol. The molecule has 0 aromatic heterocycles. The zero-order valence-electron chi connectivity index (χ0n) is 12.5. The first-order valence-electron chi connectivity index (χ1n) is 7.02. The molecule has 1 aliphatic heterocycles. The summed E-state index contributed by atoms with van der Waals surface area (Å²) >= 11 is 0. The van der Waals surface area contributed by atoms with Crippen LogP contribution in [0.5, 0.6) is 0 Å². The van der Waals surface area contributed by atoms with Crippen LogP contribution in [-0.4, -0.2) is 36.9 Å². The lowest BCUT2D eigenvalue weighted by molar-refractivity contribution is -0.143. The lowest BCUT2D eigenvalue weighted by Crippen LogP contribution is -2.45. The Bertz CT molecular complexity index is 654. The van der Waals surface area contributed by atoms with E-state index in [1.54, 1.807) is 18.2 Å². The molecule has 1 fully saturated rings. The Balaban J connectivity index is 2.33. The first-order valence-corrected chi connectivity index (χ1v) is 8.46. The van der Waals surface area contributed by atoms with Crippen LogP contribution in [-0.2, 0) is 14.8 Å². The van der Waals surface area contributed by atoms with Gasteiger partial charge in [-0.3, -0.25) is 4.79 Å². The molecule has 116 valence electrons. The van der Waals surface area contributed by atoms with Gasteiger partial charge in [-0.2, -0.15) is 4.31 Å². The van der Waals surface area contributed by atoms with E-state index in [2.05, 4.69) is 0 Å². The van der Waals surface area contributed by atoms with E-state index in [4.69, 9.17) is 5.11 Å². The fourth-order valence-corrected chi connectivity index (χ4v) is 4.39. The molecule has 6 heteroatoms. The Kier molecular flexibility index (Phi) is 4.39. The fourth-order valence-electron chi connectivity index (χ4n) is 2.70. The molecular weight excluding hydrogens is 290 g/mol. The summed E-state index contributed by atoms with van der Waals surface area (Å²) in [5.74, 6) is -1.52. The second-order valence-electron chi connectivity index (χ2n) is 5.94. The molecule has 0 saturated carbocycles. The van der Waals surface area contributed by atoms with Gasteiger partial charge in [-0.1, -0.05) is 13.0 Å². The third kappa shape index (κ3) is 3.27. The van der Waals surface area contributed by atoms with Gasteiger partial charge < -0.3 is 5.11 Å². The number of hydrogen-bond acceptors (Lipinski definition) is 3. The average molecular weight is 311 g/mol. The highest BCUT2D eigenvalue weighted by atomic mass is 32.2. The highest BCUT2D eigenvalue weighted by Gasteiger charge is 2.36. The Morgan fingerprint density at radius 2 is 1.90 bits per heavy atom. The molecule has 1 aromatic carbocycles. The number of nitrogens with zero attached hydrogens (tertiary/aromatic N) is 1. The van der Waals surface area contributed by atoms with Crippen molar-refractivity contribution in [3.63, 3.8) is 0 Å². The van der Waals surface area contributed by atoms with Crippen molar-refractivity contribution in [2.24, 2.45) is 11.8 Å². The van der Waals surface area contributed by atoms with E-state index in [1.807, 2.05) is 20.8 Å². The Hall–Kier alpha value is -1.40. The van der Waals surface area contributed by atoms with Crippen LogP contribution in [0.4, 0.5) is 0 Å². The van der Waals surface area contributed by atoms with E-state index in [0.717, 1.165) is 11.1 Å². The summed E-state index contributed by atoms with van der Waals surface area (Å²) in [6.07, 6.45) is 0.522. The van der Waals surface area contributed by atoms with Crippen LogP contribution >= 0.6 is 0 Å². The predicted octanol–water partition coefficient (Wildman–Crippen LogP) is 2.03. The third-order valence-electron chi connectivity index (χ3n) is 4.09. The van der Waals surface area contributed by atoms with Gasteiger partial charge in [0.15, 0.2) is 0 Å². The number of hydrogen-bond donors (Lipinski definition) is 1. The van der Waals surface area contributed by atoms with Gasteiger partial charge >= 0.3 is 5.97 Å². The quantitative estimate of drug-likeness (QED) is 0.927. The van der Waals surface area contributed by atoms with Crippen molar-refractivity contribution < 1.29 is 18.3 Å². The van der Waals surface area contributed by atoms with E-state index in [1.165, 1.54) is 4.31 Å². The van der Waals surface area contributed by atoms with Gasteiger partial charge in [0, 0.05) is 13.1 Å². The maximum atomic E-state index is 12.7. The van der Waals surface area contributed by atoms with Crippen LogP contribution in [0.2, 0.25) is 0 Å². The number of sulfonamides is 1. The van der Waals surface area contributed by atoms with Gasteiger partial charge in [-0.25, -0.2) is 8.42 Å². The van der Waals surface area contributed by atoms with E-state index < -0.39 is 21.9 Å². The molecule has 0 amide bonds. The minimum absolute atomic E-state index is 0.0428. The molecule has 5 nitrogen and oxygen atoms in total. The van der Waals surface area contributed by atoms with E-state index >= 15 is 0 Å². The molecule has 0 aliphatic carbocycles. The SMILES string of the molecule is Cc1ccc(S(=O)(=O)N2CC(C)CC(C(=O)O)C2)cc1C. The summed E-state index contributed by atoms with van der Waals surface area (Å²) in [5, 5.41) is 9.17. The van der Waals surface area contributed by atoms with Crippen LogP contribution in [0, 0.1) is 25.7 Å². The summed E-state index contributed by atoms with van der Waals surface area (Å²) in [4.78, 5) is 11.4. The van der Waals surface area contributed by atoms with Gasteiger partial charge in [0.1, 0.15) is 0 Å². The van der Waals surface area contributed by atoms with Gasteiger partial charge in [0.25, 0.3) is 0 Å². The largest absolute Gasteiger partial charge is 0.481 e. The Morgan fingerprint density at radius 1 is 1.24 bits per heavy atom. The van der Waals surface area contributed by atoms with E-state index in [0.29, 0.717) is 13.0 Å². The van der Waals surface area contributed by atoms with Gasteiger partial charge in [0.05, 0.1) is 10.8 Å². The van der Waals surface area contributed by atoms with Crippen molar-refractivity contribution in [3.8, 4) is 0 Å². The van der Waals surface area contributed by atoms with Gasteiger partial charge in [-0.15, -0.1) is 0 Å². The standard InChI is InChI=1S/C15H21NO4S/c1-10-6-13(15(17)18)9-16(8-10)21(19,20)14-5-4-11(2)12(3)7-14/h4-5,7,10,13H,6,8-9H2,1-3H3,(H,17,18). The van der Waals surface area contributed by atoms with Crippen molar-refractivity contribution in [1.82, 2.24) is 4.31 Å². The van der Waals surface area contributed by atoms with Crippen molar-refractivity contribution in [2.45, 2.75) is 32.1 Å². The molecule has 1 aliphatic rings. The summed E-state index contributed by atoms with van der Waals surface area (Å²) < 4.78 is 26.7. The summed E-state index contributed by atoms with van der Waals surface area (Å²) in [6.45, 7) is 6.11. The molecular formula is C15H21NO4S. The van der Waals surface area contributed by atoms with Gasteiger partial charge in [0.2, 0.25) is 10.0 Å². The number of carboxylic acids is 1. The number of aliphatic carboxylic acids is 1. The van der Waals surface area contributed by atoms with Crippen molar-refractivity contribution in [1.29, 1.82) is 0 Å². The molecule has 0 radical (unpaired) electrons. The summed E-state index contributed by atoms with van der Waals surface area (Å²) in [6, 6.07) is 5.02. The molecule has 2 rings (SSSR count). The first-order chi connectivity index (χ1) is 9.71. The topological polar surface area (TPSA) is 74.7 Å². The molecule has 0 bridgehead atoms. The lowest BCUT2D eigenvalue weighted by Gasteiger charge is -2.33. The Morgan fingerprint density at radius 3 is 2.48 bits per heavy atom. The third-order valence-corrected chi connectivity index (χ3v) is 5.92. The van der Waals surface area contributed by atoms with E-state index in [-0.39, 0.29) is 17.4 Å². The number of carboxylic acid groups (broad SMARTS) is 1. The minimum Gasteiger partial charge on any atom is -0.481 e. The zero-order valence-corrected chi connectivity index (χ0v) is 13.4. The molecule has 1 aromatic rings. The van der Waals surface area contributed by atoms with Crippen LogP contribution in [0.15, 0.2) is 23.1 Å². The summed E-state index contributed by atoms with van der Waals surface area (Å²) in [5.41, 5.74) is 1.94. The van der Waals surface area contributed by atoms with Crippen molar-refractivity contribution >= 4 is 16.0 Å². The van der Waals surface area contributed by atoms with Crippen LogP contribution in [0.25, 0.3) is 0 Å². The normalized spacial score (nSPS) is 24.0. The number of piperidine rings is 1. The van der Waals surface area contributed by atoms with Crippen LogP contribution < -0.4 is 0 Å². The van der Waals surface area contributed by atoms with Crippen LogP contribution in [0.1, 0.15) is 24.5 Å². The van der Waals surface area contributed by atoms with Gasteiger partial charge in [-0.05, 0) is 49.4 Å². The van der Waals surface area contributed by atoms with Crippen molar-refractivity contribution in [2.75, 3.05) is 13.1 Å². The second kappa shape index (κ2) is 5.77. The minimum atomic E-state index is -3.63. The number of aryl methyl sites for hydroxylation is 2. The molecule has 1 saturated heterocycles. The van der Waals surface area contributed by atoms with E-state index in [9.17, 15) is 13.2 Å². The van der Waals surface area contributed by atoms with Crippen molar-refractivity contribution in [3.05, 3.63) is 29.3 Å². The highest BCUT2D eigenvalue weighted by molar-refractivity contribution is 7.89. The summed E-state index contributed by atoms with van der Waals surface area (Å²) in [7, 11) is -3.63. The lowest BCUT2D eigenvalue weighted by atomic mass is 9.92. The number of rotatable bonds is 3. The molecule has 1 N–H and O–H groups in total. The molecule has 1 heterocycles. The molecule has 21 heavy (non-hydrogen) atoms. The number of carbonyl (C=O) groups is 1. The Labute approximate surface area is 125 Å².